The fraction of sp³-hybridized carbons (Fsp3) is 0.0714. The second-order valence-electron chi connectivity index (χ2n) is 3.55. The Morgan fingerprint density at radius 1 is 0.938 bits per heavy atom. The molecular weight excluding hydrogens is 198 g/mol. The summed E-state index contributed by atoms with van der Waals surface area (Å²) < 4.78 is 0. The van der Waals surface area contributed by atoms with Crippen molar-refractivity contribution in [2.45, 2.75) is 6.92 Å². The van der Waals surface area contributed by atoms with E-state index in [-0.39, 0.29) is 5.75 Å². The van der Waals surface area contributed by atoms with Crippen molar-refractivity contribution in [2.75, 3.05) is 0 Å². The standard InChI is InChI=1S/C14H13NO/c1-11(12-7-3-2-4-8-12)15-13-9-5-6-10-14(13)16/h2-10,16H,1H3. The third-order valence-electron chi connectivity index (χ3n) is 2.36. The van der Waals surface area contributed by atoms with E-state index in [9.17, 15) is 5.11 Å². The SMILES string of the molecule is CC(=Nc1ccccc1O)c1ccccc1. The molecule has 2 heteroatoms. The maximum atomic E-state index is 9.60. The summed E-state index contributed by atoms with van der Waals surface area (Å²) in [5.74, 6) is 0.206. The van der Waals surface area contributed by atoms with Crippen LogP contribution in [0.25, 0.3) is 0 Å². The Bertz CT molecular complexity index is 503. The molecule has 2 rings (SSSR count). The number of phenolic OH excluding ortho intramolecular Hbond substituents is 1. The van der Waals surface area contributed by atoms with E-state index in [0.29, 0.717) is 5.69 Å². The molecule has 0 amide bonds. The Balaban J connectivity index is 2.36. The zero-order valence-corrected chi connectivity index (χ0v) is 9.09. The second-order valence-corrected chi connectivity index (χ2v) is 3.55. The quantitative estimate of drug-likeness (QED) is 0.757. The molecule has 80 valence electrons. The average Bonchev–Trinajstić information content (AvgIpc) is 2.33. The van der Waals surface area contributed by atoms with E-state index in [4.69, 9.17) is 0 Å². The minimum Gasteiger partial charge on any atom is -0.506 e. The monoisotopic (exact) mass is 211 g/mol. The zero-order chi connectivity index (χ0) is 11.4. The van der Waals surface area contributed by atoms with Gasteiger partial charge in [-0.25, -0.2) is 4.99 Å². The van der Waals surface area contributed by atoms with Gasteiger partial charge >= 0.3 is 0 Å². The number of phenols is 1. The lowest BCUT2D eigenvalue weighted by Crippen LogP contribution is -1.92. The smallest absolute Gasteiger partial charge is 0.141 e. The molecule has 0 aliphatic carbocycles. The van der Waals surface area contributed by atoms with Gasteiger partial charge in [0, 0.05) is 5.71 Å². The summed E-state index contributed by atoms with van der Waals surface area (Å²) in [5.41, 5.74) is 2.55. The van der Waals surface area contributed by atoms with E-state index < -0.39 is 0 Å². The van der Waals surface area contributed by atoms with E-state index in [0.717, 1.165) is 11.3 Å². The maximum Gasteiger partial charge on any atom is 0.141 e. The van der Waals surface area contributed by atoms with Crippen LogP contribution in [0.2, 0.25) is 0 Å². The van der Waals surface area contributed by atoms with Gasteiger partial charge in [-0.2, -0.15) is 0 Å². The highest BCUT2D eigenvalue weighted by molar-refractivity contribution is 6.00. The summed E-state index contributed by atoms with van der Waals surface area (Å²) >= 11 is 0. The van der Waals surface area contributed by atoms with Crippen molar-refractivity contribution in [2.24, 2.45) is 4.99 Å². The number of nitrogens with zero attached hydrogens (tertiary/aromatic N) is 1. The molecule has 0 heterocycles. The summed E-state index contributed by atoms with van der Waals surface area (Å²) in [6.45, 7) is 1.93. The van der Waals surface area contributed by atoms with Crippen LogP contribution < -0.4 is 0 Å². The summed E-state index contributed by atoms with van der Waals surface area (Å²) in [4.78, 5) is 4.40. The van der Waals surface area contributed by atoms with Crippen LogP contribution in [0.4, 0.5) is 5.69 Å². The molecule has 2 aromatic carbocycles. The highest BCUT2D eigenvalue weighted by atomic mass is 16.3. The Kier molecular flexibility index (Phi) is 3.01. The van der Waals surface area contributed by atoms with Gasteiger partial charge in [-0.15, -0.1) is 0 Å². The van der Waals surface area contributed by atoms with Gasteiger partial charge < -0.3 is 5.11 Å². The number of rotatable bonds is 2. The molecule has 0 fully saturated rings. The third-order valence-corrected chi connectivity index (χ3v) is 2.36. The first-order valence-electron chi connectivity index (χ1n) is 5.16. The lowest BCUT2D eigenvalue weighted by Gasteiger charge is -2.02. The number of aliphatic imine (C=N–C) groups is 1. The third kappa shape index (κ3) is 2.28. The van der Waals surface area contributed by atoms with E-state index in [1.165, 1.54) is 0 Å². The van der Waals surface area contributed by atoms with Crippen LogP contribution in [-0.4, -0.2) is 10.8 Å². The lowest BCUT2D eigenvalue weighted by molar-refractivity contribution is 0.477. The summed E-state index contributed by atoms with van der Waals surface area (Å²) in [6, 6.07) is 17.0. The van der Waals surface area contributed by atoms with E-state index in [2.05, 4.69) is 4.99 Å². The Morgan fingerprint density at radius 2 is 1.56 bits per heavy atom. The van der Waals surface area contributed by atoms with Crippen LogP contribution in [0.3, 0.4) is 0 Å². The number of para-hydroxylation sites is 2. The normalized spacial score (nSPS) is 11.4. The highest BCUT2D eigenvalue weighted by Crippen LogP contribution is 2.25. The minimum absolute atomic E-state index is 0.206. The predicted octanol–water partition coefficient (Wildman–Crippen LogP) is 3.53. The summed E-state index contributed by atoms with van der Waals surface area (Å²) in [5, 5.41) is 9.60. The van der Waals surface area contributed by atoms with Crippen LogP contribution in [0.15, 0.2) is 59.6 Å². The molecule has 1 N–H and O–H groups in total. The van der Waals surface area contributed by atoms with Crippen molar-refractivity contribution in [3.8, 4) is 5.75 Å². The van der Waals surface area contributed by atoms with Crippen LogP contribution in [0.1, 0.15) is 12.5 Å². The van der Waals surface area contributed by atoms with Crippen LogP contribution in [0, 0.1) is 0 Å². The first-order chi connectivity index (χ1) is 7.77. The van der Waals surface area contributed by atoms with Crippen molar-refractivity contribution in [3.63, 3.8) is 0 Å². The van der Waals surface area contributed by atoms with Gasteiger partial charge in [-0.1, -0.05) is 42.5 Å². The highest BCUT2D eigenvalue weighted by Gasteiger charge is 1.99. The van der Waals surface area contributed by atoms with Gasteiger partial charge in [0.25, 0.3) is 0 Å². The van der Waals surface area contributed by atoms with Crippen molar-refractivity contribution < 1.29 is 5.11 Å². The lowest BCUT2D eigenvalue weighted by atomic mass is 10.1. The fourth-order valence-electron chi connectivity index (χ4n) is 1.48. The first-order valence-corrected chi connectivity index (χ1v) is 5.16. The molecular formula is C14H13NO. The number of aromatic hydroxyl groups is 1. The van der Waals surface area contributed by atoms with E-state index >= 15 is 0 Å². The van der Waals surface area contributed by atoms with Crippen molar-refractivity contribution in [1.82, 2.24) is 0 Å². The topological polar surface area (TPSA) is 32.6 Å². The van der Waals surface area contributed by atoms with Crippen molar-refractivity contribution in [1.29, 1.82) is 0 Å². The van der Waals surface area contributed by atoms with E-state index in [1.807, 2.05) is 43.3 Å². The molecule has 0 unspecified atom stereocenters. The van der Waals surface area contributed by atoms with Crippen LogP contribution >= 0.6 is 0 Å². The molecule has 0 radical (unpaired) electrons. The molecule has 0 saturated carbocycles. The molecule has 0 atom stereocenters. The fourth-order valence-corrected chi connectivity index (χ4v) is 1.48. The van der Waals surface area contributed by atoms with Crippen molar-refractivity contribution in [3.05, 3.63) is 60.2 Å². The largest absolute Gasteiger partial charge is 0.506 e. The van der Waals surface area contributed by atoms with Gasteiger partial charge in [-0.3, -0.25) is 0 Å². The Labute approximate surface area is 94.9 Å². The van der Waals surface area contributed by atoms with Gasteiger partial charge in [0.1, 0.15) is 11.4 Å². The summed E-state index contributed by atoms with van der Waals surface area (Å²) in [7, 11) is 0. The van der Waals surface area contributed by atoms with Crippen LogP contribution in [0.5, 0.6) is 5.75 Å². The van der Waals surface area contributed by atoms with Crippen LogP contribution in [-0.2, 0) is 0 Å². The molecule has 0 aliphatic heterocycles. The maximum absolute atomic E-state index is 9.60. The first kappa shape index (κ1) is 10.4. The Hall–Kier alpha value is -2.09. The van der Waals surface area contributed by atoms with Gasteiger partial charge in [0.05, 0.1) is 0 Å². The van der Waals surface area contributed by atoms with Gasteiger partial charge in [0.2, 0.25) is 0 Å². The molecule has 0 spiro atoms. The van der Waals surface area contributed by atoms with E-state index in [1.54, 1.807) is 18.2 Å². The predicted molar refractivity (Wildman–Crippen MR) is 66.4 cm³/mol. The van der Waals surface area contributed by atoms with Crippen molar-refractivity contribution >= 4 is 11.4 Å². The summed E-state index contributed by atoms with van der Waals surface area (Å²) in [6.07, 6.45) is 0. The Morgan fingerprint density at radius 3 is 2.25 bits per heavy atom. The average molecular weight is 211 g/mol. The van der Waals surface area contributed by atoms with Gasteiger partial charge in [0.15, 0.2) is 0 Å². The molecule has 0 aliphatic rings. The second kappa shape index (κ2) is 4.62. The molecule has 0 saturated heterocycles. The zero-order valence-electron chi connectivity index (χ0n) is 9.09. The number of benzene rings is 2. The van der Waals surface area contributed by atoms with Gasteiger partial charge in [-0.05, 0) is 24.6 Å². The number of hydrogen-bond donors (Lipinski definition) is 1. The number of hydrogen-bond acceptors (Lipinski definition) is 2. The molecule has 16 heavy (non-hydrogen) atoms. The molecule has 2 nitrogen and oxygen atoms in total. The molecule has 2 aromatic rings. The minimum atomic E-state index is 0.206. The molecule has 0 bridgehead atoms. The molecule has 0 aromatic heterocycles.